The molecule has 0 radical (unpaired) electrons. The molecule has 0 unspecified atom stereocenters. The molecule has 96 valence electrons. The molecule has 2 N–H and O–H groups in total. The second kappa shape index (κ2) is 4.37. The molecule has 6 heteroatoms. The minimum absolute atomic E-state index is 0.000556. The highest BCUT2D eigenvalue weighted by molar-refractivity contribution is 7.99. The summed E-state index contributed by atoms with van der Waals surface area (Å²) < 4.78 is 10.7. The molecule has 2 aliphatic rings. The van der Waals surface area contributed by atoms with Crippen LogP contribution in [0.1, 0.15) is 16.5 Å². The van der Waals surface area contributed by atoms with E-state index in [-0.39, 0.29) is 12.2 Å². The van der Waals surface area contributed by atoms with Gasteiger partial charge in [0.1, 0.15) is 6.04 Å². The summed E-state index contributed by atoms with van der Waals surface area (Å²) in [6.07, 6.45) is 0. The normalized spacial score (nSPS) is 25.4. The van der Waals surface area contributed by atoms with Crippen LogP contribution in [0.4, 0.5) is 0 Å². The van der Waals surface area contributed by atoms with Gasteiger partial charge in [-0.05, 0) is 30.2 Å². The Bertz CT molecular complexity index is 505. The van der Waals surface area contributed by atoms with E-state index < -0.39 is 12.0 Å². The number of carboxylic acids is 1. The zero-order valence-electron chi connectivity index (χ0n) is 9.80. The molecule has 0 amide bonds. The molecule has 2 aliphatic heterocycles. The lowest BCUT2D eigenvalue weighted by molar-refractivity contribution is -0.138. The Morgan fingerprint density at radius 2 is 2.17 bits per heavy atom. The molecule has 0 aliphatic carbocycles. The molecule has 3 rings (SSSR count). The van der Waals surface area contributed by atoms with Crippen molar-refractivity contribution in [2.75, 3.05) is 12.5 Å². The number of carbonyl (C=O) groups is 1. The molecule has 0 bridgehead atoms. The van der Waals surface area contributed by atoms with Gasteiger partial charge in [0.05, 0.1) is 5.37 Å². The van der Waals surface area contributed by atoms with Crippen molar-refractivity contribution in [2.24, 2.45) is 0 Å². The Labute approximate surface area is 108 Å². The van der Waals surface area contributed by atoms with E-state index in [0.717, 1.165) is 22.6 Å². The molecular formula is C12H13NO4S. The number of hydrogen-bond acceptors (Lipinski definition) is 5. The van der Waals surface area contributed by atoms with Crippen LogP contribution < -0.4 is 14.8 Å². The van der Waals surface area contributed by atoms with Gasteiger partial charge in [0, 0.05) is 5.75 Å². The van der Waals surface area contributed by atoms with Crippen molar-refractivity contribution in [1.82, 2.24) is 5.32 Å². The molecule has 0 aromatic heterocycles. The Balaban J connectivity index is 1.87. The number of fused-ring (bicyclic) bond motifs is 1. The van der Waals surface area contributed by atoms with Crippen molar-refractivity contribution in [3.63, 3.8) is 0 Å². The van der Waals surface area contributed by atoms with Crippen molar-refractivity contribution in [3.8, 4) is 11.5 Å². The molecular weight excluding hydrogens is 254 g/mol. The van der Waals surface area contributed by atoms with Crippen molar-refractivity contribution in [3.05, 3.63) is 23.3 Å². The van der Waals surface area contributed by atoms with Crippen LogP contribution in [0.15, 0.2) is 12.1 Å². The molecule has 5 nitrogen and oxygen atoms in total. The fraction of sp³-hybridized carbons (Fsp3) is 0.417. The van der Waals surface area contributed by atoms with Crippen LogP contribution >= 0.6 is 11.8 Å². The van der Waals surface area contributed by atoms with Crippen LogP contribution in [0, 0.1) is 6.92 Å². The number of thioether (sulfide) groups is 1. The van der Waals surface area contributed by atoms with Crippen LogP contribution in [0.5, 0.6) is 11.5 Å². The zero-order chi connectivity index (χ0) is 12.7. The summed E-state index contributed by atoms with van der Waals surface area (Å²) in [5.74, 6) is 1.27. The molecule has 2 heterocycles. The van der Waals surface area contributed by atoms with Gasteiger partial charge in [-0.2, -0.15) is 0 Å². The molecule has 0 saturated carbocycles. The fourth-order valence-electron chi connectivity index (χ4n) is 2.14. The minimum Gasteiger partial charge on any atom is -0.480 e. The maximum absolute atomic E-state index is 10.9. The van der Waals surface area contributed by atoms with E-state index in [1.54, 1.807) is 11.8 Å². The predicted molar refractivity (Wildman–Crippen MR) is 67.1 cm³/mol. The average Bonchev–Trinajstić information content (AvgIpc) is 2.94. The van der Waals surface area contributed by atoms with Gasteiger partial charge in [0.25, 0.3) is 0 Å². The third kappa shape index (κ3) is 1.91. The number of aryl methyl sites for hydroxylation is 1. The summed E-state index contributed by atoms with van der Waals surface area (Å²) >= 11 is 1.60. The van der Waals surface area contributed by atoms with Gasteiger partial charge in [0.2, 0.25) is 6.79 Å². The van der Waals surface area contributed by atoms with Crippen molar-refractivity contribution in [2.45, 2.75) is 18.3 Å². The number of hydrogen-bond donors (Lipinski definition) is 2. The third-order valence-electron chi connectivity index (χ3n) is 3.12. The largest absolute Gasteiger partial charge is 0.480 e. The van der Waals surface area contributed by atoms with Crippen LogP contribution in [0.25, 0.3) is 0 Å². The van der Waals surface area contributed by atoms with Gasteiger partial charge >= 0.3 is 5.97 Å². The molecule has 1 aromatic carbocycles. The first kappa shape index (κ1) is 11.7. The molecule has 1 aromatic rings. The lowest BCUT2D eigenvalue weighted by Gasteiger charge is -2.14. The maximum Gasteiger partial charge on any atom is 0.321 e. The van der Waals surface area contributed by atoms with Gasteiger partial charge in [-0.1, -0.05) is 0 Å². The maximum atomic E-state index is 10.9. The topological polar surface area (TPSA) is 67.8 Å². The summed E-state index contributed by atoms with van der Waals surface area (Å²) in [6.45, 7) is 2.24. The lowest BCUT2D eigenvalue weighted by Crippen LogP contribution is -2.33. The molecule has 0 spiro atoms. The smallest absolute Gasteiger partial charge is 0.321 e. The highest BCUT2D eigenvalue weighted by Crippen LogP contribution is 2.41. The Hall–Kier alpha value is -1.40. The number of carboxylic acid groups (broad SMARTS) is 1. The van der Waals surface area contributed by atoms with Crippen LogP contribution in [0.3, 0.4) is 0 Å². The Morgan fingerprint density at radius 3 is 2.83 bits per heavy atom. The molecule has 1 saturated heterocycles. The Kier molecular flexibility index (Phi) is 2.83. The standard InChI is InChI=1S/C12H13NO4S/c1-6-2-9-10(17-5-16-9)3-7(6)11-13-8(4-18-11)12(14)15/h2-3,8,11,13H,4-5H2,1H3,(H,14,15)/t8-,11-/m1/s1. The summed E-state index contributed by atoms with van der Waals surface area (Å²) in [5, 5.41) is 12.1. The highest BCUT2D eigenvalue weighted by atomic mass is 32.2. The van der Waals surface area contributed by atoms with Crippen LogP contribution in [0.2, 0.25) is 0 Å². The second-order valence-electron chi connectivity index (χ2n) is 4.33. The van der Waals surface area contributed by atoms with E-state index in [4.69, 9.17) is 14.6 Å². The van der Waals surface area contributed by atoms with Crippen molar-refractivity contribution >= 4 is 17.7 Å². The first-order chi connectivity index (χ1) is 8.65. The number of ether oxygens (including phenoxy) is 2. The number of benzene rings is 1. The third-order valence-corrected chi connectivity index (χ3v) is 4.37. The first-order valence-corrected chi connectivity index (χ1v) is 6.70. The first-order valence-electron chi connectivity index (χ1n) is 5.66. The van der Waals surface area contributed by atoms with E-state index in [1.807, 2.05) is 19.1 Å². The molecule has 18 heavy (non-hydrogen) atoms. The predicted octanol–water partition coefficient (Wildman–Crippen LogP) is 1.51. The molecule has 2 atom stereocenters. The monoisotopic (exact) mass is 267 g/mol. The SMILES string of the molecule is Cc1cc2c(cc1[C@@H]1N[C@@H](C(=O)O)CS1)OCO2. The number of rotatable bonds is 2. The van der Waals surface area contributed by atoms with Crippen molar-refractivity contribution in [1.29, 1.82) is 0 Å². The van der Waals surface area contributed by atoms with Gasteiger partial charge < -0.3 is 14.6 Å². The van der Waals surface area contributed by atoms with E-state index in [9.17, 15) is 4.79 Å². The quantitative estimate of drug-likeness (QED) is 0.846. The van der Waals surface area contributed by atoms with E-state index in [1.165, 1.54) is 0 Å². The zero-order valence-corrected chi connectivity index (χ0v) is 10.6. The highest BCUT2D eigenvalue weighted by Gasteiger charge is 2.32. The summed E-state index contributed by atoms with van der Waals surface area (Å²) in [5.41, 5.74) is 2.14. The van der Waals surface area contributed by atoms with Crippen molar-refractivity contribution < 1.29 is 19.4 Å². The van der Waals surface area contributed by atoms with E-state index in [2.05, 4.69) is 5.32 Å². The van der Waals surface area contributed by atoms with Gasteiger partial charge in [-0.15, -0.1) is 11.8 Å². The minimum atomic E-state index is -0.802. The van der Waals surface area contributed by atoms with Gasteiger partial charge in [-0.3, -0.25) is 10.1 Å². The van der Waals surface area contributed by atoms with E-state index in [0.29, 0.717) is 5.75 Å². The van der Waals surface area contributed by atoms with Gasteiger partial charge in [-0.25, -0.2) is 0 Å². The summed E-state index contributed by atoms with van der Waals surface area (Å²) in [7, 11) is 0. The number of aliphatic carboxylic acids is 1. The summed E-state index contributed by atoms with van der Waals surface area (Å²) in [4.78, 5) is 10.9. The average molecular weight is 267 g/mol. The van der Waals surface area contributed by atoms with Crippen LogP contribution in [-0.4, -0.2) is 29.7 Å². The summed E-state index contributed by atoms with van der Waals surface area (Å²) in [6, 6.07) is 3.39. The lowest BCUT2D eigenvalue weighted by atomic mass is 10.1. The fourth-order valence-corrected chi connectivity index (χ4v) is 3.45. The second-order valence-corrected chi connectivity index (χ2v) is 5.47. The number of nitrogens with one attached hydrogen (secondary N) is 1. The Morgan fingerprint density at radius 1 is 1.44 bits per heavy atom. The molecule has 1 fully saturated rings. The van der Waals surface area contributed by atoms with Crippen LogP contribution in [-0.2, 0) is 4.79 Å². The van der Waals surface area contributed by atoms with Gasteiger partial charge in [0.15, 0.2) is 11.5 Å². The van der Waals surface area contributed by atoms with E-state index >= 15 is 0 Å².